The zero-order valence-corrected chi connectivity index (χ0v) is 15.0. The van der Waals surface area contributed by atoms with Gasteiger partial charge in [0.1, 0.15) is 0 Å². The first-order valence-corrected chi connectivity index (χ1v) is 9.34. The summed E-state index contributed by atoms with van der Waals surface area (Å²) in [6, 6.07) is 19.3. The zero-order valence-electron chi connectivity index (χ0n) is 15.0. The average Bonchev–Trinajstić information content (AvgIpc) is 3.50. The molecule has 1 fully saturated rings. The van der Waals surface area contributed by atoms with Crippen LogP contribution in [0.1, 0.15) is 47.9 Å². The van der Waals surface area contributed by atoms with Crippen molar-refractivity contribution >= 4 is 11.9 Å². The molecule has 0 bridgehead atoms. The third-order valence-electron chi connectivity index (χ3n) is 4.69. The van der Waals surface area contributed by atoms with Gasteiger partial charge < -0.3 is 10.7 Å². The van der Waals surface area contributed by atoms with Gasteiger partial charge in [-0.25, -0.2) is 0 Å². The Hall–Kier alpha value is -2.86. The lowest BCUT2D eigenvalue weighted by Crippen LogP contribution is -2.14. The van der Waals surface area contributed by atoms with Gasteiger partial charge in [0.25, 0.3) is 0 Å². The smallest absolute Gasteiger partial charge is 0.0991 e. The highest BCUT2D eigenvalue weighted by atomic mass is 15.0. The standard InChI is InChI=1S/C23H25N3/c24-15-14-23(26-22-12-13-22)21-7-3-6-19(16-21)5-2-1-4-18-8-10-20(17-25)11-9-18/h3,6-11,14-16,22,24,26H,1-2,4-5,12-13H2/b23-14-,24-15?. The third-order valence-corrected chi connectivity index (χ3v) is 4.69. The Kier molecular flexibility index (Phi) is 6.22. The Morgan fingerprint density at radius 3 is 2.46 bits per heavy atom. The van der Waals surface area contributed by atoms with Crippen LogP contribution in [0.2, 0.25) is 0 Å². The predicted octanol–water partition coefficient (Wildman–Crippen LogP) is 4.87. The molecule has 2 aromatic carbocycles. The van der Waals surface area contributed by atoms with E-state index in [1.807, 2.05) is 18.2 Å². The lowest BCUT2D eigenvalue weighted by atomic mass is 10.0. The molecule has 0 spiro atoms. The molecular formula is C23H25N3. The van der Waals surface area contributed by atoms with Crippen LogP contribution in [-0.2, 0) is 12.8 Å². The summed E-state index contributed by atoms with van der Waals surface area (Å²) in [7, 11) is 0. The normalized spacial score (nSPS) is 13.9. The molecule has 0 unspecified atom stereocenters. The van der Waals surface area contributed by atoms with Crippen LogP contribution in [0.25, 0.3) is 5.70 Å². The summed E-state index contributed by atoms with van der Waals surface area (Å²) < 4.78 is 0. The number of hydrogen-bond acceptors (Lipinski definition) is 3. The molecule has 1 aliphatic carbocycles. The molecule has 0 aliphatic heterocycles. The van der Waals surface area contributed by atoms with E-state index in [1.165, 1.54) is 35.7 Å². The Morgan fingerprint density at radius 1 is 1.08 bits per heavy atom. The highest BCUT2D eigenvalue weighted by Crippen LogP contribution is 2.24. The monoisotopic (exact) mass is 343 g/mol. The number of aryl methyl sites for hydroxylation is 2. The van der Waals surface area contributed by atoms with E-state index in [9.17, 15) is 0 Å². The number of allylic oxidation sites excluding steroid dienone is 1. The second-order valence-electron chi connectivity index (χ2n) is 6.88. The molecule has 26 heavy (non-hydrogen) atoms. The third kappa shape index (κ3) is 5.32. The summed E-state index contributed by atoms with van der Waals surface area (Å²) in [5.41, 5.74) is 5.59. The summed E-state index contributed by atoms with van der Waals surface area (Å²) in [5, 5.41) is 19.7. The fraction of sp³-hybridized carbons (Fsp3) is 0.304. The molecule has 0 heterocycles. The summed E-state index contributed by atoms with van der Waals surface area (Å²) in [5.74, 6) is 0. The average molecular weight is 343 g/mol. The molecule has 3 heteroatoms. The molecule has 0 atom stereocenters. The molecule has 2 N–H and O–H groups in total. The minimum atomic E-state index is 0.581. The number of nitrogens with one attached hydrogen (secondary N) is 2. The van der Waals surface area contributed by atoms with Crippen molar-refractivity contribution in [3.8, 4) is 6.07 Å². The summed E-state index contributed by atoms with van der Waals surface area (Å²) in [6.45, 7) is 0. The number of nitrogens with zero attached hydrogens (tertiary/aromatic N) is 1. The van der Waals surface area contributed by atoms with E-state index in [2.05, 4.69) is 47.8 Å². The fourth-order valence-corrected chi connectivity index (χ4v) is 3.06. The van der Waals surface area contributed by atoms with Crippen LogP contribution in [0.4, 0.5) is 0 Å². The van der Waals surface area contributed by atoms with Gasteiger partial charge >= 0.3 is 0 Å². The van der Waals surface area contributed by atoms with Crippen LogP contribution < -0.4 is 5.32 Å². The lowest BCUT2D eigenvalue weighted by Gasteiger charge is -2.11. The molecule has 1 aliphatic rings. The number of benzene rings is 2. The lowest BCUT2D eigenvalue weighted by molar-refractivity contribution is 0.734. The maximum atomic E-state index is 8.84. The van der Waals surface area contributed by atoms with Gasteiger partial charge in [0, 0.05) is 18.0 Å². The summed E-state index contributed by atoms with van der Waals surface area (Å²) in [6.07, 6.45) is 10.0. The maximum absolute atomic E-state index is 8.84. The molecule has 132 valence electrons. The van der Waals surface area contributed by atoms with Crippen molar-refractivity contribution in [3.05, 3.63) is 76.9 Å². The van der Waals surface area contributed by atoms with Crippen molar-refractivity contribution in [1.82, 2.24) is 5.32 Å². The van der Waals surface area contributed by atoms with E-state index in [-0.39, 0.29) is 0 Å². The quantitative estimate of drug-likeness (QED) is 0.504. The van der Waals surface area contributed by atoms with Gasteiger partial charge in [-0.05, 0) is 79.5 Å². The molecule has 0 radical (unpaired) electrons. The van der Waals surface area contributed by atoms with Crippen molar-refractivity contribution in [1.29, 1.82) is 10.7 Å². The fourth-order valence-electron chi connectivity index (χ4n) is 3.06. The van der Waals surface area contributed by atoms with Crippen molar-refractivity contribution in [3.63, 3.8) is 0 Å². The first-order chi connectivity index (χ1) is 12.8. The zero-order chi connectivity index (χ0) is 18.2. The van der Waals surface area contributed by atoms with E-state index in [0.29, 0.717) is 6.04 Å². The number of nitriles is 1. The predicted molar refractivity (Wildman–Crippen MR) is 107 cm³/mol. The topological polar surface area (TPSA) is 59.7 Å². The number of rotatable bonds is 9. The van der Waals surface area contributed by atoms with Crippen LogP contribution in [0, 0.1) is 16.7 Å². The number of unbranched alkanes of at least 4 members (excludes halogenated alkanes) is 1. The van der Waals surface area contributed by atoms with Gasteiger partial charge in [0.2, 0.25) is 0 Å². The minimum Gasteiger partial charge on any atom is -0.382 e. The van der Waals surface area contributed by atoms with Gasteiger partial charge in [0.15, 0.2) is 0 Å². The second-order valence-corrected chi connectivity index (χ2v) is 6.88. The van der Waals surface area contributed by atoms with Crippen LogP contribution in [-0.4, -0.2) is 12.3 Å². The van der Waals surface area contributed by atoms with Gasteiger partial charge in [0.05, 0.1) is 11.6 Å². The van der Waals surface area contributed by atoms with Gasteiger partial charge in [-0.15, -0.1) is 0 Å². The van der Waals surface area contributed by atoms with Crippen LogP contribution in [0.5, 0.6) is 0 Å². The highest BCUT2D eigenvalue weighted by Gasteiger charge is 2.22. The molecule has 3 nitrogen and oxygen atoms in total. The van der Waals surface area contributed by atoms with Crippen molar-refractivity contribution < 1.29 is 0 Å². The van der Waals surface area contributed by atoms with Crippen LogP contribution >= 0.6 is 0 Å². The first kappa shape index (κ1) is 17.9. The second kappa shape index (κ2) is 9.01. The summed E-state index contributed by atoms with van der Waals surface area (Å²) >= 11 is 0. The van der Waals surface area contributed by atoms with E-state index in [0.717, 1.165) is 36.9 Å². The molecule has 0 amide bonds. The Morgan fingerprint density at radius 2 is 1.81 bits per heavy atom. The van der Waals surface area contributed by atoms with Crippen molar-refractivity contribution in [2.24, 2.45) is 0 Å². The Bertz CT molecular complexity index is 808. The maximum Gasteiger partial charge on any atom is 0.0991 e. The van der Waals surface area contributed by atoms with Crippen molar-refractivity contribution in [2.75, 3.05) is 0 Å². The number of hydrogen-bond donors (Lipinski definition) is 2. The van der Waals surface area contributed by atoms with E-state index in [4.69, 9.17) is 10.7 Å². The molecule has 1 saturated carbocycles. The largest absolute Gasteiger partial charge is 0.382 e. The van der Waals surface area contributed by atoms with Crippen LogP contribution in [0.3, 0.4) is 0 Å². The molecule has 2 aromatic rings. The highest BCUT2D eigenvalue weighted by molar-refractivity contribution is 5.82. The minimum absolute atomic E-state index is 0.581. The van der Waals surface area contributed by atoms with E-state index >= 15 is 0 Å². The Labute approximate surface area is 155 Å². The Balaban J connectivity index is 1.52. The van der Waals surface area contributed by atoms with Gasteiger partial charge in [-0.1, -0.05) is 30.3 Å². The first-order valence-electron chi connectivity index (χ1n) is 9.34. The molecular weight excluding hydrogens is 318 g/mol. The SMILES string of the molecule is N#Cc1ccc(CCCCc2cccc(/C(=C/C=N)NC3CC3)c2)cc1. The molecule has 3 rings (SSSR count). The molecule has 0 aromatic heterocycles. The van der Waals surface area contributed by atoms with Gasteiger partial charge in [-0.3, -0.25) is 0 Å². The van der Waals surface area contributed by atoms with Crippen molar-refractivity contribution in [2.45, 2.75) is 44.6 Å². The molecule has 0 saturated heterocycles. The van der Waals surface area contributed by atoms with Gasteiger partial charge in [-0.2, -0.15) is 5.26 Å². The van der Waals surface area contributed by atoms with E-state index in [1.54, 1.807) is 0 Å². The summed E-state index contributed by atoms with van der Waals surface area (Å²) in [4.78, 5) is 0. The van der Waals surface area contributed by atoms with E-state index < -0.39 is 0 Å². The van der Waals surface area contributed by atoms with Crippen LogP contribution in [0.15, 0.2) is 54.6 Å².